The van der Waals surface area contributed by atoms with E-state index in [-0.39, 0.29) is 12.8 Å². The molecule has 0 saturated heterocycles. The lowest BCUT2D eigenvalue weighted by molar-refractivity contribution is -0.142. The number of hydrogen-bond acceptors (Lipinski definition) is 4. The molecule has 1 atom stereocenters. The average molecular weight is 448 g/mol. The van der Waals surface area contributed by atoms with Crippen molar-refractivity contribution in [2.45, 2.75) is 114 Å². The fourth-order valence-corrected chi connectivity index (χ4v) is 4.49. The van der Waals surface area contributed by atoms with Crippen LogP contribution in [0.1, 0.15) is 110 Å². The number of amides is 1. The predicted molar refractivity (Wildman–Crippen MR) is 120 cm³/mol. The normalized spacial score (nSPS) is 14.1. The Morgan fingerprint density at radius 2 is 1.27 bits per heavy atom. The Kier molecular flexibility index (Phi) is 15.5. The average Bonchev–Trinajstić information content (AvgIpc) is 2.65. The molecular weight excluding hydrogens is 406 g/mol. The van der Waals surface area contributed by atoms with E-state index in [1.165, 1.54) is 38.5 Å². The van der Waals surface area contributed by atoms with E-state index in [0.29, 0.717) is 6.42 Å². The zero-order valence-electron chi connectivity index (χ0n) is 18.5. The number of allylic oxidation sites excluding steroid dienone is 2. The summed E-state index contributed by atoms with van der Waals surface area (Å²) in [7, 11) is -4.95. The predicted octanol–water partition coefficient (Wildman–Crippen LogP) is 5.00. The molecule has 0 aliphatic carbocycles. The van der Waals surface area contributed by atoms with Gasteiger partial charge in [-0.3, -0.25) is 14.1 Å². The third-order valence-corrected chi connectivity index (χ3v) is 6.95. The highest BCUT2D eigenvalue weighted by Gasteiger charge is 2.51. The molecule has 1 amide bonds. The first-order valence-electron chi connectivity index (χ1n) is 11.3. The molecule has 0 heterocycles. The Hall–Kier alpha value is -1.41. The van der Waals surface area contributed by atoms with Gasteiger partial charge in [0.25, 0.3) is 10.1 Å². The maximum Gasteiger partial charge on any atom is 0.328 e. The second-order valence-electron chi connectivity index (χ2n) is 8.11. The first-order chi connectivity index (χ1) is 14.2. The number of carbonyl (C=O) groups is 2. The van der Waals surface area contributed by atoms with E-state index in [4.69, 9.17) is 5.73 Å². The molecule has 176 valence electrons. The van der Waals surface area contributed by atoms with Crippen molar-refractivity contribution in [3.8, 4) is 0 Å². The van der Waals surface area contributed by atoms with Crippen LogP contribution in [-0.2, 0) is 19.7 Å². The van der Waals surface area contributed by atoms with Gasteiger partial charge in [0, 0.05) is 0 Å². The van der Waals surface area contributed by atoms with Crippen molar-refractivity contribution >= 4 is 22.0 Å². The summed E-state index contributed by atoms with van der Waals surface area (Å²) < 4.78 is 30.0. The molecule has 0 aromatic heterocycles. The number of rotatable bonds is 20. The van der Waals surface area contributed by atoms with Crippen LogP contribution < -0.4 is 5.73 Å². The molecule has 0 bridgehead atoms. The zero-order valence-corrected chi connectivity index (χ0v) is 19.3. The van der Waals surface area contributed by atoms with Crippen LogP contribution >= 0.6 is 0 Å². The third kappa shape index (κ3) is 12.3. The smallest absolute Gasteiger partial charge is 0.328 e. The standard InChI is InChI=1S/C22H41NO6S/c1-2-3-4-5-6-7-8-9-10-11-12-13-14-15-16-17-18-22(21(25)26,19-20(23)24)30(27,28)29/h9-10H,2-8,11-19H2,1H3,(H2,23,24)(H,25,26)(H,27,28,29)/b10-9-. The minimum Gasteiger partial charge on any atom is -0.480 e. The van der Waals surface area contributed by atoms with Crippen molar-refractivity contribution in [2.75, 3.05) is 0 Å². The molecule has 0 spiro atoms. The summed E-state index contributed by atoms with van der Waals surface area (Å²) >= 11 is 0. The number of unbranched alkanes of at least 4 members (excludes halogenated alkanes) is 12. The summed E-state index contributed by atoms with van der Waals surface area (Å²) in [5, 5.41) is 9.28. The highest BCUT2D eigenvalue weighted by molar-refractivity contribution is 7.88. The van der Waals surface area contributed by atoms with Crippen molar-refractivity contribution < 1.29 is 27.7 Å². The molecular formula is C22H41NO6S. The lowest BCUT2D eigenvalue weighted by Crippen LogP contribution is -2.49. The molecule has 0 radical (unpaired) electrons. The van der Waals surface area contributed by atoms with Gasteiger partial charge in [-0.15, -0.1) is 0 Å². The molecule has 0 saturated carbocycles. The van der Waals surface area contributed by atoms with Gasteiger partial charge in [-0.1, -0.05) is 83.3 Å². The topological polar surface area (TPSA) is 135 Å². The van der Waals surface area contributed by atoms with E-state index in [2.05, 4.69) is 19.1 Å². The molecule has 4 N–H and O–H groups in total. The molecule has 0 aromatic carbocycles. The van der Waals surface area contributed by atoms with Crippen LogP contribution in [0.4, 0.5) is 0 Å². The number of carboxylic acid groups (broad SMARTS) is 1. The van der Waals surface area contributed by atoms with Crippen LogP contribution in [-0.4, -0.2) is 34.7 Å². The summed E-state index contributed by atoms with van der Waals surface area (Å²) in [6.07, 6.45) is 18.2. The van der Waals surface area contributed by atoms with Gasteiger partial charge in [0.15, 0.2) is 0 Å². The van der Waals surface area contributed by atoms with E-state index >= 15 is 0 Å². The largest absolute Gasteiger partial charge is 0.480 e. The van der Waals surface area contributed by atoms with Gasteiger partial charge < -0.3 is 10.8 Å². The Morgan fingerprint density at radius 1 is 0.833 bits per heavy atom. The van der Waals surface area contributed by atoms with Gasteiger partial charge in [0.1, 0.15) is 0 Å². The van der Waals surface area contributed by atoms with Crippen LogP contribution in [0, 0.1) is 0 Å². The Labute approximate surface area is 182 Å². The van der Waals surface area contributed by atoms with Gasteiger partial charge in [-0.25, -0.2) is 0 Å². The molecule has 0 aliphatic heterocycles. The number of aliphatic carboxylic acids is 1. The Bertz CT molecular complexity index is 617. The number of primary amides is 1. The SMILES string of the molecule is CCCCCCCC/C=C\CCCCCCCCC(CC(N)=O)(C(=O)O)S(=O)(=O)O. The minimum absolute atomic E-state index is 0.289. The van der Waals surface area contributed by atoms with Crippen molar-refractivity contribution in [3.05, 3.63) is 12.2 Å². The summed E-state index contributed by atoms with van der Waals surface area (Å²) in [5.74, 6) is -2.81. The van der Waals surface area contributed by atoms with Crippen LogP contribution in [0.25, 0.3) is 0 Å². The number of hydrogen-bond donors (Lipinski definition) is 3. The van der Waals surface area contributed by atoms with Gasteiger partial charge in [-0.05, 0) is 32.1 Å². The van der Waals surface area contributed by atoms with Crippen molar-refractivity contribution in [1.82, 2.24) is 0 Å². The summed E-state index contributed by atoms with van der Waals surface area (Å²) in [5.41, 5.74) is 4.99. The van der Waals surface area contributed by atoms with E-state index in [0.717, 1.165) is 38.5 Å². The summed E-state index contributed by atoms with van der Waals surface area (Å²) in [6, 6.07) is 0. The van der Waals surface area contributed by atoms with Gasteiger partial charge in [-0.2, -0.15) is 8.42 Å². The molecule has 0 fully saturated rings. The van der Waals surface area contributed by atoms with Crippen molar-refractivity contribution in [2.24, 2.45) is 5.73 Å². The van der Waals surface area contributed by atoms with Gasteiger partial charge in [0.05, 0.1) is 6.42 Å². The Balaban J connectivity index is 3.91. The quantitative estimate of drug-likeness (QED) is 0.136. The molecule has 0 aromatic rings. The molecule has 0 aliphatic rings. The van der Waals surface area contributed by atoms with Gasteiger partial charge in [0.2, 0.25) is 10.7 Å². The lowest BCUT2D eigenvalue weighted by atomic mass is 9.95. The van der Waals surface area contributed by atoms with Crippen LogP contribution in [0.2, 0.25) is 0 Å². The number of carboxylic acids is 1. The van der Waals surface area contributed by atoms with E-state index in [9.17, 15) is 27.7 Å². The summed E-state index contributed by atoms with van der Waals surface area (Å²) in [4.78, 5) is 22.6. The van der Waals surface area contributed by atoms with Crippen molar-refractivity contribution in [3.63, 3.8) is 0 Å². The molecule has 1 unspecified atom stereocenters. The van der Waals surface area contributed by atoms with E-state index in [1.54, 1.807) is 0 Å². The third-order valence-electron chi connectivity index (χ3n) is 5.44. The van der Waals surface area contributed by atoms with Crippen LogP contribution in [0.15, 0.2) is 12.2 Å². The molecule has 7 nitrogen and oxygen atoms in total. The molecule has 8 heteroatoms. The van der Waals surface area contributed by atoms with Gasteiger partial charge >= 0.3 is 5.97 Å². The first kappa shape index (κ1) is 28.6. The second kappa shape index (κ2) is 16.3. The zero-order chi connectivity index (χ0) is 22.9. The minimum atomic E-state index is -4.95. The molecule has 0 rings (SSSR count). The monoisotopic (exact) mass is 447 g/mol. The Morgan fingerprint density at radius 3 is 1.67 bits per heavy atom. The maximum atomic E-state index is 11.6. The lowest BCUT2D eigenvalue weighted by Gasteiger charge is -2.24. The van der Waals surface area contributed by atoms with E-state index in [1.807, 2.05) is 0 Å². The van der Waals surface area contributed by atoms with E-state index < -0.39 is 33.2 Å². The van der Waals surface area contributed by atoms with Crippen molar-refractivity contribution in [1.29, 1.82) is 0 Å². The second-order valence-corrected chi connectivity index (χ2v) is 9.84. The van der Waals surface area contributed by atoms with Crippen LogP contribution in [0.5, 0.6) is 0 Å². The number of nitrogens with two attached hydrogens (primary N) is 1. The van der Waals surface area contributed by atoms with Crippen LogP contribution in [0.3, 0.4) is 0 Å². The highest BCUT2D eigenvalue weighted by atomic mass is 32.2. The highest BCUT2D eigenvalue weighted by Crippen LogP contribution is 2.29. The fraction of sp³-hybridized carbons (Fsp3) is 0.818. The number of carbonyl (C=O) groups excluding carboxylic acids is 1. The fourth-order valence-electron chi connectivity index (χ4n) is 3.54. The first-order valence-corrected chi connectivity index (χ1v) is 12.7. The maximum absolute atomic E-state index is 11.6. The summed E-state index contributed by atoms with van der Waals surface area (Å²) in [6.45, 7) is 2.23. The molecule has 30 heavy (non-hydrogen) atoms.